The fraction of sp³-hybridized carbons (Fsp3) is 0.118. The Hall–Kier alpha value is -2.57. The van der Waals surface area contributed by atoms with Crippen molar-refractivity contribution >= 4 is 46.7 Å². The number of phenols is 1. The lowest BCUT2D eigenvalue weighted by Gasteiger charge is -2.05. The van der Waals surface area contributed by atoms with Crippen molar-refractivity contribution in [3.05, 3.63) is 51.5 Å². The van der Waals surface area contributed by atoms with Gasteiger partial charge in [0.15, 0.2) is 17.2 Å². The number of hydrogen-bond acceptors (Lipinski definition) is 5. The summed E-state index contributed by atoms with van der Waals surface area (Å²) in [7, 11) is 0. The van der Waals surface area contributed by atoms with Crippen LogP contribution in [-0.4, -0.2) is 29.5 Å². The number of nitrogens with zero attached hydrogens (tertiary/aromatic N) is 2. The molecule has 0 saturated carbocycles. The van der Waals surface area contributed by atoms with Crippen molar-refractivity contribution in [1.82, 2.24) is 0 Å². The van der Waals surface area contributed by atoms with Gasteiger partial charge in [-0.15, -0.1) is 5.10 Å². The van der Waals surface area contributed by atoms with E-state index in [0.29, 0.717) is 39.2 Å². The highest BCUT2D eigenvalue weighted by Gasteiger charge is 2.28. The molecule has 1 aliphatic rings. The average Bonchev–Trinajstić information content (AvgIpc) is 2.87. The van der Waals surface area contributed by atoms with Crippen molar-refractivity contribution in [1.29, 1.82) is 0 Å². The summed E-state index contributed by atoms with van der Waals surface area (Å²) in [6, 6.07) is 7.91. The van der Waals surface area contributed by atoms with Crippen LogP contribution >= 0.6 is 23.2 Å². The standard InChI is InChI=1S/C17H13Cl2N3O3/c1-2-25-14-5-9(3-4-13(14)23)8-20-22-16-11-6-10(18)7-12(19)15(11)21-17(16)24/h3-8,23H,2H2,1H3,(H,21,22,24)/b20-8+. The summed E-state index contributed by atoms with van der Waals surface area (Å²) in [6.07, 6.45) is 1.45. The first-order valence-corrected chi connectivity index (χ1v) is 8.12. The van der Waals surface area contributed by atoms with Crippen LogP contribution in [0.3, 0.4) is 0 Å². The van der Waals surface area contributed by atoms with Crippen molar-refractivity contribution < 1.29 is 14.6 Å². The number of aromatic hydroxyl groups is 1. The molecule has 0 saturated heterocycles. The zero-order valence-electron chi connectivity index (χ0n) is 13.1. The number of ether oxygens (including phenoxy) is 1. The number of amides is 1. The Bertz CT molecular complexity index is 910. The first kappa shape index (κ1) is 17.3. The van der Waals surface area contributed by atoms with Crippen molar-refractivity contribution in [3.8, 4) is 11.5 Å². The predicted molar refractivity (Wildman–Crippen MR) is 98.5 cm³/mol. The Labute approximate surface area is 153 Å². The number of phenolic OH excluding ortho intramolecular Hbond substituents is 1. The van der Waals surface area contributed by atoms with Gasteiger partial charge in [-0.2, -0.15) is 5.10 Å². The Morgan fingerprint density at radius 1 is 1.28 bits per heavy atom. The number of halogens is 2. The van der Waals surface area contributed by atoms with Crippen LogP contribution in [0.4, 0.5) is 5.69 Å². The third kappa shape index (κ3) is 3.60. The molecule has 0 aliphatic carbocycles. The van der Waals surface area contributed by atoms with Crippen LogP contribution in [0.15, 0.2) is 40.5 Å². The van der Waals surface area contributed by atoms with E-state index in [4.69, 9.17) is 27.9 Å². The van der Waals surface area contributed by atoms with E-state index in [1.54, 1.807) is 24.3 Å². The molecular formula is C17H13Cl2N3O3. The summed E-state index contributed by atoms with van der Waals surface area (Å²) in [6.45, 7) is 2.24. The van der Waals surface area contributed by atoms with Crippen LogP contribution in [0, 0.1) is 0 Å². The first-order chi connectivity index (χ1) is 12.0. The molecule has 128 valence electrons. The van der Waals surface area contributed by atoms with Crippen molar-refractivity contribution in [2.75, 3.05) is 11.9 Å². The normalized spacial score (nSPS) is 14.8. The van der Waals surface area contributed by atoms with Crippen LogP contribution in [0.25, 0.3) is 0 Å². The van der Waals surface area contributed by atoms with Gasteiger partial charge >= 0.3 is 0 Å². The Balaban J connectivity index is 1.89. The quantitative estimate of drug-likeness (QED) is 0.626. The van der Waals surface area contributed by atoms with E-state index in [1.807, 2.05) is 6.92 Å². The van der Waals surface area contributed by atoms with E-state index < -0.39 is 5.91 Å². The molecule has 1 heterocycles. The average molecular weight is 378 g/mol. The van der Waals surface area contributed by atoms with Gasteiger partial charge in [-0.25, -0.2) is 0 Å². The molecule has 1 amide bonds. The predicted octanol–water partition coefficient (Wildman–Crippen LogP) is 3.87. The van der Waals surface area contributed by atoms with E-state index >= 15 is 0 Å². The lowest BCUT2D eigenvalue weighted by molar-refractivity contribution is -0.110. The first-order valence-electron chi connectivity index (χ1n) is 7.37. The van der Waals surface area contributed by atoms with Gasteiger partial charge in [-0.05, 0) is 42.8 Å². The third-order valence-electron chi connectivity index (χ3n) is 3.41. The smallest absolute Gasteiger partial charge is 0.276 e. The molecule has 2 N–H and O–H groups in total. The van der Waals surface area contributed by atoms with Crippen LogP contribution in [0.2, 0.25) is 10.0 Å². The number of nitrogens with one attached hydrogen (secondary N) is 1. The Kier molecular flexibility index (Phi) is 4.92. The minimum Gasteiger partial charge on any atom is -0.504 e. The zero-order valence-corrected chi connectivity index (χ0v) is 14.6. The molecule has 1 aliphatic heterocycles. The second-order valence-electron chi connectivity index (χ2n) is 5.12. The van der Waals surface area contributed by atoms with E-state index in [9.17, 15) is 9.90 Å². The maximum absolute atomic E-state index is 12.1. The molecule has 0 bridgehead atoms. The third-order valence-corrected chi connectivity index (χ3v) is 3.93. The molecule has 3 rings (SSSR count). The summed E-state index contributed by atoms with van der Waals surface area (Å²) in [5.41, 5.74) is 1.75. The maximum Gasteiger partial charge on any atom is 0.276 e. The molecule has 8 heteroatoms. The van der Waals surface area contributed by atoms with E-state index in [0.717, 1.165) is 0 Å². The monoisotopic (exact) mass is 377 g/mol. The number of carbonyl (C=O) groups excluding carboxylic acids is 1. The lowest BCUT2D eigenvalue weighted by Crippen LogP contribution is -2.13. The minimum absolute atomic E-state index is 0.0405. The van der Waals surface area contributed by atoms with Gasteiger partial charge in [-0.1, -0.05) is 23.2 Å². The van der Waals surface area contributed by atoms with Crippen molar-refractivity contribution in [3.63, 3.8) is 0 Å². The van der Waals surface area contributed by atoms with Gasteiger partial charge in [0.05, 0.1) is 23.5 Å². The largest absolute Gasteiger partial charge is 0.504 e. The maximum atomic E-state index is 12.1. The molecule has 0 fully saturated rings. The number of fused-ring (bicyclic) bond motifs is 1. The summed E-state index contributed by atoms with van der Waals surface area (Å²) >= 11 is 12.0. The lowest BCUT2D eigenvalue weighted by atomic mass is 10.1. The zero-order chi connectivity index (χ0) is 18.0. The van der Waals surface area contributed by atoms with Crippen LogP contribution in [0.5, 0.6) is 11.5 Å². The van der Waals surface area contributed by atoms with Crippen molar-refractivity contribution in [2.45, 2.75) is 6.92 Å². The van der Waals surface area contributed by atoms with E-state index in [2.05, 4.69) is 15.5 Å². The van der Waals surface area contributed by atoms with Gasteiger partial charge in [0, 0.05) is 10.6 Å². The second kappa shape index (κ2) is 7.13. The van der Waals surface area contributed by atoms with E-state index in [1.165, 1.54) is 12.3 Å². The van der Waals surface area contributed by atoms with Crippen LogP contribution < -0.4 is 10.1 Å². The summed E-state index contributed by atoms with van der Waals surface area (Å²) < 4.78 is 5.31. The number of carbonyl (C=O) groups is 1. The summed E-state index contributed by atoms with van der Waals surface area (Å²) in [5, 5.41) is 21.0. The second-order valence-corrected chi connectivity index (χ2v) is 5.96. The molecule has 25 heavy (non-hydrogen) atoms. The Morgan fingerprint density at radius 3 is 2.84 bits per heavy atom. The van der Waals surface area contributed by atoms with Gasteiger partial charge in [0.1, 0.15) is 0 Å². The number of hydrogen-bond donors (Lipinski definition) is 2. The molecular weight excluding hydrogens is 365 g/mol. The molecule has 0 unspecified atom stereocenters. The molecule has 0 spiro atoms. The van der Waals surface area contributed by atoms with Crippen LogP contribution in [-0.2, 0) is 4.79 Å². The number of benzene rings is 2. The van der Waals surface area contributed by atoms with E-state index in [-0.39, 0.29) is 11.5 Å². The SMILES string of the molecule is CCOc1cc(/C=N/N=C2\C(=O)Nc3c(Cl)cc(Cl)cc32)ccc1O. The molecule has 0 atom stereocenters. The summed E-state index contributed by atoms with van der Waals surface area (Å²) in [4.78, 5) is 12.1. The molecule has 2 aromatic rings. The fourth-order valence-corrected chi connectivity index (χ4v) is 2.86. The highest BCUT2D eigenvalue weighted by molar-refractivity contribution is 6.56. The number of anilines is 1. The van der Waals surface area contributed by atoms with Gasteiger partial charge in [0.25, 0.3) is 5.91 Å². The summed E-state index contributed by atoms with van der Waals surface area (Å²) in [5.74, 6) is -0.0163. The highest BCUT2D eigenvalue weighted by Crippen LogP contribution is 2.34. The van der Waals surface area contributed by atoms with Crippen molar-refractivity contribution in [2.24, 2.45) is 10.2 Å². The number of rotatable bonds is 4. The molecule has 6 nitrogen and oxygen atoms in total. The molecule has 0 radical (unpaired) electrons. The minimum atomic E-state index is -0.406. The highest BCUT2D eigenvalue weighted by atomic mass is 35.5. The van der Waals surface area contributed by atoms with Gasteiger partial charge in [0.2, 0.25) is 0 Å². The van der Waals surface area contributed by atoms with Gasteiger partial charge in [-0.3, -0.25) is 4.79 Å². The molecule has 0 aromatic heterocycles. The topological polar surface area (TPSA) is 83.3 Å². The van der Waals surface area contributed by atoms with Crippen LogP contribution in [0.1, 0.15) is 18.1 Å². The van der Waals surface area contributed by atoms with Gasteiger partial charge < -0.3 is 15.2 Å². The fourth-order valence-electron chi connectivity index (χ4n) is 2.32. The molecule has 2 aromatic carbocycles. The Morgan fingerprint density at radius 2 is 2.08 bits per heavy atom.